The van der Waals surface area contributed by atoms with E-state index in [1.165, 1.54) is 11.7 Å². The van der Waals surface area contributed by atoms with Crippen molar-refractivity contribution < 1.29 is 8.42 Å². The molecule has 0 bridgehead atoms. The predicted molar refractivity (Wildman–Crippen MR) is 33.5 cm³/mol. The van der Waals surface area contributed by atoms with Gasteiger partial charge in [-0.2, -0.15) is 0 Å². The normalized spacial score (nSPS) is 11.7. The van der Waals surface area contributed by atoms with Crippen LogP contribution in [0.2, 0.25) is 0 Å². The lowest BCUT2D eigenvalue weighted by Gasteiger charge is -1.85. The monoisotopic (exact) mass is 164 g/mol. The zero-order valence-electron chi connectivity index (χ0n) is 4.31. The maximum atomic E-state index is 10.4. The van der Waals surface area contributed by atoms with Gasteiger partial charge in [-0.15, -0.1) is 11.3 Å². The molecule has 0 aliphatic heterocycles. The second-order valence-electron chi connectivity index (χ2n) is 1.37. The summed E-state index contributed by atoms with van der Waals surface area (Å²) in [5, 5.41) is 4.74. The van der Waals surface area contributed by atoms with Gasteiger partial charge in [0.25, 0.3) is 0 Å². The van der Waals surface area contributed by atoms with Crippen LogP contribution in [0, 0.1) is 0 Å². The molecule has 0 fully saturated rings. The molecule has 0 amide bonds. The van der Waals surface area contributed by atoms with Crippen molar-refractivity contribution in [3.63, 3.8) is 0 Å². The fourth-order valence-corrected chi connectivity index (χ4v) is 1.57. The Balaban J connectivity index is 3.20. The summed E-state index contributed by atoms with van der Waals surface area (Å²) in [6.07, 6.45) is 1.22. The maximum absolute atomic E-state index is 10.4. The number of primary sulfonamides is 1. The number of sulfonamides is 1. The van der Waals surface area contributed by atoms with Crippen molar-refractivity contribution in [1.82, 2.24) is 4.98 Å². The highest BCUT2D eigenvalue weighted by molar-refractivity contribution is 7.91. The minimum atomic E-state index is -3.50. The first-order chi connectivity index (χ1) is 4.11. The van der Waals surface area contributed by atoms with Crippen LogP contribution in [-0.4, -0.2) is 13.4 Å². The molecular formula is C3H4N2O2S2. The zero-order valence-corrected chi connectivity index (χ0v) is 5.95. The van der Waals surface area contributed by atoms with Gasteiger partial charge in [-0.1, -0.05) is 0 Å². The first-order valence-corrected chi connectivity index (χ1v) is 4.44. The van der Waals surface area contributed by atoms with Crippen molar-refractivity contribution in [1.29, 1.82) is 0 Å². The Morgan fingerprint density at radius 1 is 1.67 bits per heavy atom. The minimum Gasteiger partial charge on any atom is -0.252 e. The van der Waals surface area contributed by atoms with Crippen molar-refractivity contribution >= 4 is 21.4 Å². The van der Waals surface area contributed by atoms with Crippen molar-refractivity contribution in [2.24, 2.45) is 5.14 Å². The standard InChI is InChI=1S/C3H4N2O2S2/c4-9(6,7)3-1-5-2-8-3/h1-2H,(H2,4,6,7). The molecule has 0 saturated heterocycles. The molecule has 0 radical (unpaired) electrons. The van der Waals surface area contributed by atoms with E-state index in [1.54, 1.807) is 0 Å². The van der Waals surface area contributed by atoms with Gasteiger partial charge in [-0.05, 0) is 0 Å². The molecule has 50 valence electrons. The summed E-state index contributed by atoms with van der Waals surface area (Å²) in [5.41, 5.74) is 1.42. The van der Waals surface area contributed by atoms with Gasteiger partial charge in [0.15, 0.2) is 4.21 Å². The molecule has 6 heteroatoms. The molecule has 1 aromatic rings. The number of nitrogens with two attached hydrogens (primary N) is 1. The summed E-state index contributed by atoms with van der Waals surface area (Å²) >= 11 is 1.01. The van der Waals surface area contributed by atoms with E-state index in [9.17, 15) is 8.42 Å². The topological polar surface area (TPSA) is 73.1 Å². The zero-order chi connectivity index (χ0) is 6.91. The second-order valence-corrected chi connectivity index (χ2v) is 4.04. The van der Waals surface area contributed by atoms with Gasteiger partial charge in [-0.3, -0.25) is 4.98 Å². The van der Waals surface area contributed by atoms with Gasteiger partial charge in [-0.25, -0.2) is 13.6 Å². The van der Waals surface area contributed by atoms with Crippen LogP contribution in [0.3, 0.4) is 0 Å². The Kier molecular flexibility index (Phi) is 1.52. The number of rotatable bonds is 1. The molecule has 0 aliphatic carbocycles. The minimum absolute atomic E-state index is 0.0995. The molecule has 0 saturated carbocycles. The van der Waals surface area contributed by atoms with Crippen LogP contribution in [0.4, 0.5) is 0 Å². The van der Waals surface area contributed by atoms with Crippen LogP contribution in [0.15, 0.2) is 15.9 Å². The van der Waals surface area contributed by atoms with Crippen LogP contribution in [0.25, 0.3) is 0 Å². The Labute approximate surface area is 56.4 Å². The lowest BCUT2D eigenvalue weighted by molar-refractivity contribution is 0.599. The third-order valence-corrected chi connectivity index (χ3v) is 2.91. The fourth-order valence-electron chi connectivity index (χ4n) is 0.345. The molecule has 9 heavy (non-hydrogen) atoms. The van der Waals surface area contributed by atoms with E-state index in [4.69, 9.17) is 5.14 Å². The third-order valence-electron chi connectivity index (χ3n) is 0.690. The molecule has 2 N–H and O–H groups in total. The SMILES string of the molecule is NS(=O)(=O)c1cncs1. The second kappa shape index (κ2) is 2.05. The third kappa shape index (κ3) is 1.47. The van der Waals surface area contributed by atoms with Crippen LogP contribution in [-0.2, 0) is 10.0 Å². The summed E-state index contributed by atoms with van der Waals surface area (Å²) in [6, 6.07) is 0. The highest BCUT2D eigenvalue weighted by Gasteiger charge is 2.07. The summed E-state index contributed by atoms with van der Waals surface area (Å²) in [6.45, 7) is 0. The van der Waals surface area contributed by atoms with Crippen molar-refractivity contribution in [3.8, 4) is 0 Å². The van der Waals surface area contributed by atoms with Crippen LogP contribution >= 0.6 is 11.3 Å². The van der Waals surface area contributed by atoms with Crippen molar-refractivity contribution in [2.45, 2.75) is 4.21 Å². The first kappa shape index (κ1) is 6.66. The number of aromatic nitrogens is 1. The number of hydrogen-bond donors (Lipinski definition) is 1. The lowest BCUT2D eigenvalue weighted by Crippen LogP contribution is -2.09. The molecule has 1 rings (SSSR count). The first-order valence-electron chi connectivity index (χ1n) is 2.02. The smallest absolute Gasteiger partial charge is 0.249 e. The van der Waals surface area contributed by atoms with E-state index in [2.05, 4.69) is 4.98 Å². The number of nitrogens with zero attached hydrogens (tertiary/aromatic N) is 1. The average molecular weight is 164 g/mol. The Morgan fingerprint density at radius 2 is 2.33 bits per heavy atom. The molecular weight excluding hydrogens is 160 g/mol. The summed E-state index contributed by atoms with van der Waals surface area (Å²) < 4.78 is 21.0. The van der Waals surface area contributed by atoms with Crippen molar-refractivity contribution in [2.75, 3.05) is 0 Å². The molecule has 0 atom stereocenters. The Morgan fingerprint density at radius 3 is 2.56 bits per heavy atom. The molecule has 0 aromatic carbocycles. The van der Waals surface area contributed by atoms with Crippen molar-refractivity contribution in [3.05, 3.63) is 11.7 Å². The Hall–Kier alpha value is -0.460. The largest absolute Gasteiger partial charge is 0.252 e. The number of hydrogen-bond acceptors (Lipinski definition) is 4. The average Bonchev–Trinajstić information content (AvgIpc) is 2.08. The maximum Gasteiger partial charge on any atom is 0.249 e. The van der Waals surface area contributed by atoms with Gasteiger partial charge in [0.2, 0.25) is 10.0 Å². The van der Waals surface area contributed by atoms with Gasteiger partial charge in [0, 0.05) is 0 Å². The van der Waals surface area contributed by atoms with E-state index >= 15 is 0 Å². The molecule has 1 aromatic heterocycles. The summed E-state index contributed by atoms with van der Waals surface area (Å²) in [4.78, 5) is 3.55. The molecule has 0 spiro atoms. The van der Waals surface area contributed by atoms with E-state index in [1.807, 2.05) is 0 Å². The molecule has 4 nitrogen and oxygen atoms in total. The van der Waals surface area contributed by atoms with E-state index in [-0.39, 0.29) is 4.21 Å². The van der Waals surface area contributed by atoms with Gasteiger partial charge in [0.1, 0.15) is 0 Å². The molecule has 0 aliphatic rings. The predicted octanol–water partition coefficient (Wildman–Crippen LogP) is -0.209. The Bertz CT molecular complexity index is 275. The van der Waals surface area contributed by atoms with Crippen LogP contribution in [0.1, 0.15) is 0 Å². The van der Waals surface area contributed by atoms with E-state index in [0.29, 0.717) is 0 Å². The van der Waals surface area contributed by atoms with Crippen LogP contribution < -0.4 is 5.14 Å². The lowest BCUT2D eigenvalue weighted by atomic mass is 11.0. The molecule has 1 heterocycles. The van der Waals surface area contributed by atoms with Gasteiger partial charge in [0.05, 0.1) is 11.7 Å². The fraction of sp³-hybridized carbons (Fsp3) is 0. The summed E-state index contributed by atoms with van der Waals surface area (Å²) in [5.74, 6) is 0. The number of thiazole rings is 1. The van der Waals surface area contributed by atoms with E-state index < -0.39 is 10.0 Å². The molecule has 0 unspecified atom stereocenters. The van der Waals surface area contributed by atoms with E-state index in [0.717, 1.165) is 11.3 Å². The van der Waals surface area contributed by atoms with Gasteiger partial charge < -0.3 is 0 Å². The highest BCUT2D eigenvalue weighted by atomic mass is 32.2. The van der Waals surface area contributed by atoms with Gasteiger partial charge >= 0.3 is 0 Å². The quantitative estimate of drug-likeness (QED) is 0.624. The highest BCUT2D eigenvalue weighted by Crippen LogP contribution is 2.09. The summed E-state index contributed by atoms with van der Waals surface area (Å²) in [7, 11) is -3.50. The van der Waals surface area contributed by atoms with Crippen LogP contribution in [0.5, 0.6) is 0 Å².